The van der Waals surface area contributed by atoms with Gasteiger partial charge in [-0.1, -0.05) is 17.7 Å². The van der Waals surface area contributed by atoms with Crippen LogP contribution in [0.2, 0.25) is 5.02 Å². The Morgan fingerprint density at radius 2 is 2.11 bits per heavy atom. The molecule has 0 aliphatic carbocycles. The molecule has 1 amide bonds. The van der Waals surface area contributed by atoms with E-state index in [1.54, 1.807) is 30.5 Å². The summed E-state index contributed by atoms with van der Waals surface area (Å²) in [7, 11) is 0. The van der Waals surface area contributed by atoms with Gasteiger partial charge in [-0.25, -0.2) is 9.07 Å². The van der Waals surface area contributed by atoms with E-state index in [1.807, 2.05) is 6.07 Å². The van der Waals surface area contributed by atoms with Gasteiger partial charge in [-0.15, -0.1) is 0 Å². The van der Waals surface area contributed by atoms with E-state index in [0.29, 0.717) is 28.6 Å². The maximum atomic E-state index is 13.0. The van der Waals surface area contributed by atoms with Crippen LogP contribution in [0.1, 0.15) is 22.0 Å². The summed E-state index contributed by atoms with van der Waals surface area (Å²) in [5.41, 5.74) is 2.49. The van der Waals surface area contributed by atoms with Crippen molar-refractivity contribution < 1.29 is 13.9 Å². The largest absolute Gasteiger partial charge is 0.371 e. The summed E-state index contributed by atoms with van der Waals surface area (Å²) in [6.07, 6.45) is 2.97. The summed E-state index contributed by atoms with van der Waals surface area (Å²) in [5.74, 6) is -0.667. The second-order valence-corrected chi connectivity index (χ2v) is 6.81. The fourth-order valence-corrected chi connectivity index (χ4v) is 3.22. The number of carbonyl (C=O) groups excluding carboxylic acids is 1. The first kappa shape index (κ1) is 18.6. The predicted molar refractivity (Wildman–Crippen MR) is 104 cm³/mol. The average Bonchev–Trinajstić information content (AvgIpc) is 3.21. The minimum Gasteiger partial charge on any atom is -0.371 e. The number of halogens is 2. The van der Waals surface area contributed by atoms with E-state index in [9.17, 15) is 9.18 Å². The molecule has 144 valence electrons. The molecule has 0 bridgehead atoms. The Morgan fingerprint density at radius 3 is 2.82 bits per heavy atom. The van der Waals surface area contributed by atoms with Crippen LogP contribution in [0.4, 0.5) is 10.1 Å². The van der Waals surface area contributed by atoms with Crippen molar-refractivity contribution in [3.05, 3.63) is 76.8 Å². The highest BCUT2D eigenvalue weighted by atomic mass is 35.5. The minimum atomic E-state index is -0.335. The Hall–Kier alpha value is -2.74. The molecule has 2 N–H and O–H groups in total. The van der Waals surface area contributed by atoms with E-state index in [2.05, 4.69) is 15.7 Å². The summed E-state index contributed by atoms with van der Waals surface area (Å²) in [6, 6.07) is 11.3. The number of ether oxygens (including phenoxy) is 1. The number of nitrogens with one attached hydrogen (secondary N) is 2. The van der Waals surface area contributed by atoms with E-state index >= 15 is 0 Å². The van der Waals surface area contributed by atoms with Crippen molar-refractivity contribution in [1.82, 2.24) is 15.1 Å². The molecular formula is C20H18ClFN4O2. The number of aromatic nitrogens is 2. The van der Waals surface area contributed by atoms with Crippen LogP contribution in [0, 0.1) is 5.82 Å². The molecule has 6 nitrogen and oxygen atoms in total. The first-order chi connectivity index (χ1) is 13.6. The lowest BCUT2D eigenvalue weighted by molar-refractivity contribution is 0.0277. The molecule has 8 heteroatoms. The predicted octanol–water partition coefficient (Wildman–Crippen LogP) is 3.58. The maximum Gasteiger partial charge on any atom is 0.258 e. The first-order valence-corrected chi connectivity index (χ1v) is 9.22. The minimum absolute atomic E-state index is 0.0510. The van der Waals surface area contributed by atoms with Crippen LogP contribution in [-0.2, 0) is 4.74 Å². The van der Waals surface area contributed by atoms with Crippen LogP contribution in [0.15, 0.2) is 54.9 Å². The normalized spacial score (nSPS) is 16.7. The third-order valence-corrected chi connectivity index (χ3v) is 4.79. The van der Waals surface area contributed by atoms with Gasteiger partial charge in [0.2, 0.25) is 0 Å². The quantitative estimate of drug-likeness (QED) is 0.702. The van der Waals surface area contributed by atoms with Crippen LogP contribution >= 0.6 is 11.6 Å². The molecule has 4 rings (SSSR count). The van der Waals surface area contributed by atoms with Gasteiger partial charge in [-0.05, 0) is 42.0 Å². The molecule has 1 saturated heterocycles. The monoisotopic (exact) mass is 400 g/mol. The molecule has 2 aromatic carbocycles. The zero-order chi connectivity index (χ0) is 19.5. The van der Waals surface area contributed by atoms with Crippen molar-refractivity contribution in [1.29, 1.82) is 0 Å². The van der Waals surface area contributed by atoms with Gasteiger partial charge in [0.15, 0.2) is 0 Å². The van der Waals surface area contributed by atoms with Crippen molar-refractivity contribution in [2.75, 3.05) is 25.0 Å². The molecule has 28 heavy (non-hydrogen) atoms. The highest BCUT2D eigenvalue weighted by Crippen LogP contribution is 2.28. The lowest BCUT2D eigenvalue weighted by atomic mass is 10.1. The zero-order valence-corrected chi connectivity index (χ0v) is 15.6. The lowest BCUT2D eigenvalue weighted by Gasteiger charge is -2.24. The lowest BCUT2D eigenvalue weighted by Crippen LogP contribution is -2.33. The van der Waals surface area contributed by atoms with Gasteiger partial charge in [0.1, 0.15) is 5.82 Å². The maximum absolute atomic E-state index is 13.0. The van der Waals surface area contributed by atoms with Crippen molar-refractivity contribution in [2.24, 2.45) is 0 Å². The molecule has 0 spiro atoms. The van der Waals surface area contributed by atoms with Crippen LogP contribution in [0.3, 0.4) is 0 Å². The molecule has 1 aliphatic heterocycles. The Morgan fingerprint density at radius 1 is 1.29 bits per heavy atom. The number of nitrogens with zero attached hydrogens (tertiary/aromatic N) is 2. The van der Waals surface area contributed by atoms with Gasteiger partial charge in [-0.2, -0.15) is 5.10 Å². The number of morpholine rings is 1. The van der Waals surface area contributed by atoms with Gasteiger partial charge in [0.25, 0.3) is 5.91 Å². The number of carbonyl (C=O) groups is 1. The van der Waals surface area contributed by atoms with Crippen LogP contribution in [0.5, 0.6) is 0 Å². The summed E-state index contributed by atoms with van der Waals surface area (Å²) in [5, 5.41) is 10.7. The molecule has 3 aromatic rings. The molecule has 1 aromatic heterocycles. The van der Waals surface area contributed by atoms with Crippen LogP contribution in [0.25, 0.3) is 5.69 Å². The fraction of sp³-hybridized carbons (Fsp3) is 0.200. The molecule has 1 atom stereocenters. The summed E-state index contributed by atoms with van der Waals surface area (Å²) in [6.45, 7) is 2.22. The van der Waals surface area contributed by atoms with Crippen molar-refractivity contribution in [3.8, 4) is 5.69 Å². The Bertz CT molecular complexity index is 984. The number of benzene rings is 2. The first-order valence-electron chi connectivity index (χ1n) is 8.84. The topological polar surface area (TPSA) is 68.2 Å². The molecule has 2 heterocycles. The Labute approximate surface area is 166 Å². The van der Waals surface area contributed by atoms with Gasteiger partial charge >= 0.3 is 0 Å². The summed E-state index contributed by atoms with van der Waals surface area (Å²) >= 11 is 6.35. The number of amides is 1. The molecule has 0 saturated carbocycles. The van der Waals surface area contributed by atoms with Crippen LogP contribution < -0.4 is 10.6 Å². The number of anilines is 1. The van der Waals surface area contributed by atoms with Gasteiger partial charge in [-0.3, -0.25) is 4.79 Å². The molecule has 1 aliphatic rings. The van der Waals surface area contributed by atoms with Gasteiger partial charge in [0, 0.05) is 19.3 Å². The molecular weight excluding hydrogens is 383 g/mol. The van der Waals surface area contributed by atoms with E-state index < -0.39 is 0 Å². The molecule has 1 fully saturated rings. The smallest absolute Gasteiger partial charge is 0.258 e. The molecule has 0 radical (unpaired) electrons. The Kier molecular flexibility index (Phi) is 5.38. The second-order valence-electron chi connectivity index (χ2n) is 6.41. The highest BCUT2D eigenvalue weighted by molar-refractivity contribution is 6.34. The zero-order valence-electron chi connectivity index (χ0n) is 14.9. The average molecular weight is 401 g/mol. The fourth-order valence-electron chi connectivity index (χ4n) is 2.98. The SMILES string of the molecule is O=C(Nc1ccc([C@@H]2CNCCO2)cc1Cl)c1cnn(-c2ccc(F)cc2)c1. The van der Waals surface area contributed by atoms with Gasteiger partial charge < -0.3 is 15.4 Å². The third-order valence-electron chi connectivity index (χ3n) is 4.48. The number of hydrogen-bond acceptors (Lipinski definition) is 4. The number of hydrogen-bond donors (Lipinski definition) is 2. The van der Waals surface area contributed by atoms with E-state index in [4.69, 9.17) is 16.3 Å². The van der Waals surface area contributed by atoms with Crippen molar-refractivity contribution in [2.45, 2.75) is 6.10 Å². The third kappa shape index (κ3) is 4.06. The van der Waals surface area contributed by atoms with E-state index in [1.165, 1.54) is 23.0 Å². The van der Waals surface area contributed by atoms with Crippen molar-refractivity contribution >= 4 is 23.2 Å². The summed E-state index contributed by atoms with van der Waals surface area (Å²) in [4.78, 5) is 12.5. The summed E-state index contributed by atoms with van der Waals surface area (Å²) < 4.78 is 20.3. The van der Waals surface area contributed by atoms with Crippen LogP contribution in [-0.4, -0.2) is 35.4 Å². The second kappa shape index (κ2) is 8.10. The highest BCUT2D eigenvalue weighted by Gasteiger charge is 2.18. The molecule has 0 unspecified atom stereocenters. The standard InChI is InChI=1S/C20H18ClFN4O2/c21-17-9-13(19-11-23-7-8-28-19)1-6-18(17)25-20(27)14-10-24-26(12-14)16-4-2-15(22)3-5-16/h1-6,9-10,12,19,23H,7-8,11H2,(H,25,27)/t19-/m0/s1. The number of rotatable bonds is 4. The Balaban J connectivity index is 1.47. The van der Waals surface area contributed by atoms with Crippen molar-refractivity contribution in [3.63, 3.8) is 0 Å². The van der Waals surface area contributed by atoms with E-state index in [-0.39, 0.29) is 17.8 Å². The van der Waals surface area contributed by atoms with Gasteiger partial charge in [0.05, 0.1) is 40.9 Å². The van der Waals surface area contributed by atoms with E-state index in [0.717, 1.165) is 18.7 Å².